The van der Waals surface area contributed by atoms with Gasteiger partial charge in [0.15, 0.2) is 0 Å². The zero-order valence-corrected chi connectivity index (χ0v) is 17.3. The molecule has 1 unspecified atom stereocenters. The summed E-state index contributed by atoms with van der Waals surface area (Å²) in [6, 6.07) is 12.3. The van der Waals surface area contributed by atoms with Crippen LogP contribution in [0.4, 0.5) is 8.78 Å². The molecule has 0 aliphatic rings. The molecule has 5 nitrogen and oxygen atoms in total. The molecule has 0 heterocycles. The second-order valence-electron chi connectivity index (χ2n) is 7.28. The number of hydrogen-bond donors (Lipinski definition) is 2. The van der Waals surface area contributed by atoms with Crippen LogP contribution in [0, 0.1) is 17.6 Å². The van der Waals surface area contributed by atoms with Crippen molar-refractivity contribution in [3.63, 3.8) is 0 Å². The van der Waals surface area contributed by atoms with Gasteiger partial charge in [0, 0.05) is 13.2 Å². The molecule has 162 valence electrons. The zero-order chi connectivity index (χ0) is 21.9. The van der Waals surface area contributed by atoms with E-state index in [0.717, 1.165) is 18.6 Å². The molecule has 2 rings (SSSR count). The molecule has 2 aromatic carbocycles. The van der Waals surface area contributed by atoms with Gasteiger partial charge >= 0.3 is 0 Å². The third kappa shape index (κ3) is 7.22. The molecule has 0 radical (unpaired) electrons. The van der Waals surface area contributed by atoms with Crippen LogP contribution in [-0.4, -0.2) is 37.6 Å². The van der Waals surface area contributed by atoms with Gasteiger partial charge < -0.3 is 15.4 Å². The Morgan fingerprint density at radius 3 is 2.27 bits per heavy atom. The molecular weight excluding hydrogens is 390 g/mol. The molecule has 0 aromatic heterocycles. The lowest BCUT2D eigenvalue weighted by molar-refractivity contribution is -0.124. The molecule has 30 heavy (non-hydrogen) atoms. The van der Waals surface area contributed by atoms with Crippen molar-refractivity contribution in [3.8, 4) is 0 Å². The maximum Gasteiger partial charge on any atom is 0.257 e. The summed E-state index contributed by atoms with van der Waals surface area (Å²) in [5.41, 5.74) is 0.510. The van der Waals surface area contributed by atoms with E-state index in [2.05, 4.69) is 10.6 Å². The predicted octanol–water partition coefficient (Wildman–Crippen LogP) is 3.48. The van der Waals surface area contributed by atoms with Crippen LogP contribution in [0.2, 0.25) is 0 Å². The van der Waals surface area contributed by atoms with Crippen molar-refractivity contribution >= 4 is 11.8 Å². The lowest BCUT2D eigenvalue weighted by Crippen LogP contribution is -2.50. The summed E-state index contributed by atoms with van der Waals surface area (Å²) in [6.45, 7) is 4.95. The quantitative estimate of drug-likeness (QED) is 0.549. The van der Waals surface area contributed by atoms with E-state index < -0.39 is 35.1 Å². The molecule has 0 aliphatic carbocycles. The van der Waals surface area contributed by atoms with Gasteiger partial charge in [-0.2, -0.15) is 0 Å². The smallest absolute Gasteiger partial charge is 0.257 e. The number of rotatable bonds is 11. The summed E-state index contributed by atoms with van der Waals surface area (Å²) in [6.07, 6.45) is 1.43. The van der Waals surface area contributed by atoms with E-state index in [-0.39, 0.29) is 5.92 Å². The van der Waals surface area contributed by atoms with Crippen molar-refractivity contribution in [2.24, 2.45) is 5.92 Å². The highest BCUT2D eigenvalue weighted by Gasteiger charge is 2.26. The second-order valence-corrected chi connectivity index (χ2v) is 7.28. The molecule has 2 aromatic rings. The lowest BCUT2D eigenvalue weighted by atomic mass is 10.0. The SMILES string of the molecule is CC(C)C(NC(=O)c1c(F)cccc1F)C(=O)NCCCOCCc1ccccc1. The van der Waals surface area contributed by atoms with Gasteiger partial charge in [-0.05, 0) is 36.5 Å². The number of benzene rings is 2. The first-order chi connectivity index (χ1) is 14.4. The number of carbonyl (C=O) groups is 2. The molecular formula is C23H28F2N2O3. The molecule has 0 saturated carbocycles. The van der Waals surface area contributed by atoms with E-state index in [1.807, 2.05) is 30.3 Å². The van der Waals surface area contributed by atoms with Gasteiger partial charge in [0.05, 0.1) is 6.61 Å². The molecule has 0 saturated heterocycles. The molecule has 1 atom stereocenters. The Hall–Kier alpha value is -2.80. The zero-order valence-electron chi connectivity index (χ0n) is 17.3. The summed E-state index contributed by atoms with van der Waals surface area (Å²) in [5.74, 6) is -3.56. The van der Waals surface area contributed by atoms with E-state index in [1.54, 1.807) is 13.8 Å². The molecule has 0 fully saturated rings. The number of amides is 2. The van der Waals surface area contributed by atoms with E-state index >= 15 is 0 Å². The van der Waals surface area contributed by atoms with Crippen LogP contribution in [0.15, 0.2) is 48.5 Å². The highest BCUT2D eigenvalue weighted by Crippen LogP contribution is 2.13. The van der Waals surface area contributed by atoms with Gasteiger partial charge in [-0.1, -0.05) is 50.2 Å². The average molecular weight is 418 g/mol. The maximum atomic E-state index is 13.8. The van der Waals surface area contributed by atoms with Gasteiger partial charge in [0.2, 0.25) is 5.91 Å². The highest BCUT2D eigenvalue weighted by atomic mass is 19.1. The van der Waals surface area contributed by atoms with E-state index in [1.165, 1.54) is 11.6 Å². The van der Waals surface area contributed by atoms with Gasteiger partial charge in [-0.25, -0.2) is 8.78 Å². The van der Waals surface area contributed by atoms with Crippen LogP contribution in [0.3, 0.4) is 0 Å². The Labute approximate surface area is 175 Å². The maximum absolute atomic E-state index is 13.8. The van der Waals surface area contributed by atoms with Crippen LogP contribution in [-0.2, 0) is 16.0 Å². The third-order valence-electron chi connectivity index (χ3n) is 4.57. The van der Waals surface area contributed by atoms with Crippen molar-refractivity contribution in [1.82, 2.24) is 10.6 Å². The molecule has 0 bridgehead atoms. The Balaban J connectivity index is 1.74. The van der Waals surface area contributed by atoms with E-state index in [4.69, 9.17) is 4.74 Å². The fraction of sp³-hybridized carbons (Fsp3) is 0.391. The minimum absolute atomic E-state index is 0.258. The van der Waals surface area contributed by atoms with E-state index in [9.17, 15) is 18.4 Å². The average Bonchev–Trinajstić information content (AvgIpc) is 2.71. The minimum atomic E-state index is -0.969. The Morgan fingerprint density at radius 1 is 0.967 bits per heavy atom. The van der Waals surface area contributed by atoms with Crippen molar-refractivity contribution in [2.45, 2.75) is 32.7 Å². The number of hydrogen-bond acceptors (Lipinski definition) is 3. The minimum Gasteiger partial charge on any atom is -0.381 e. The normalized spacial score (nSPS) is 11.9. The van der Waals surface area contributed by atoms with Crippen LogP contribution >= 0.6 is 0 Å². The number of carbonyl (C=O) groups excluding carboxylic acids is 2. The first kappa shape index (κ1) is 23.5. The standard InChI is InChI=1S/C23H28F2N2O3/c1-16(2)21(27-22(28)20-18(24)10-6-11-19(20)25)23(29)26-13-7-14-30-15-12-17-8-4-3-5-9-17/h3-6,8-11,16,21H,7,12-15H2,1-2H3,(H,26,29)(H,27,28). The van der Waals surface area contributed by atoms with Crippen LogP contribution in [0.25, 0.3) is 0 Å². The van der Waals surface area contributed by atoms with Crippen LogP contribution < -0.4 is 10.6 Å². The van der Waals surface area contributed by atoms with Gasteiger partial charge in [0.25, 0.3) is 5.91 Å². The number of nitrogens with one attached hydrogen (secondary N) is 2. The second kappa shape index (κ2) is 12.0. The van der Waals surface area contributed by atoms with Crippen LogP contribution in [0.1, 0.15) is 36.2 Å². The van der Waals surface area contributed by atoms with Gasteiger partial charge in [0.1, 0.15) is 23.2 Å². The molecule has 2 N–H and O–H groups in total. The summed E-state index contributed by atoms with van der Waals surface area (Å²) in [4.78, 5) is 24.7. The Kier molecular flexibility index (Phi) is 9.41. The fourth-order valence-corrected chi connectivity index (χ4v) is 2.90. The summed E-state index contributed by atoms with van der Waals surface area (Å²) < 4.78 is 33.2. The number of ether oxygens (including phenoxy) is 1. The first-order valence-electron chi connectivity index (χ1n) is 10.0. The largest absolute Gasteiger partial charge is 0.381 e. The van der Waals surface area contributed by atoms with Crippen molar-refractivity contribution in [3.05, 3.63) is 71.3 Å². The molecule has 0 spiro atoms. The summed E-state index contributed by atoms with van der Waals surface area (Å²) in [5, 5.41) is 5.17. The summed E-state index contributed by atoms with van der Waals surface area (Å²) >= 11 is 0. The van der Waals surface area contributed by atoms with Gasteiger partial charge in [-0.15, -0.1) is 0 Å². The van der Waals surface area contributed by atoms with Crippen LogP contribution in [0.5, 0.6) is 0 Å². The predicted molar refractivity (Wildman–Crippen MR) is 111 cm³/mol. The number of halogens is 2. The molecule has 0 aliphatic heterocycles. The first-order valence-corrected chi connectivity index (χ1v) is 10.0. The fourth-order valence-electron chi connectivity index (χ4n) is 2.90. The lowest BCUT2D eigenvalue weighted by Gasteiger charge is -2.22. The van der Waals surface area contributed by atoms with Crippen molar-refractivity contribution in [1.29, 1.82) is 0 Å². The Morgan fingerprint density at radius 2 is 1.63 bits per heavy atom. The monoisotopic (exact) mass is 418 g/mol. The Bertz CT molecular complexity index is 808. The molecule has 2 amide bonds. The molecule has 7 heteroatoms. The van der Waals surface area contributed by atoms with Gasteiger partial charge in [-0.3, -0.25) is 9.59 Å². The topological polar surface area (TPSA) is 67.4 Å². The third-order valence-corrected chi connectivity index (χ3v) is 4.57. The summed E-state index contributed by atoms with van der Waals surface area (Å²) in [7, 11) is 0. The van der Waals surface area contributed by atoms with Crippen molar-refractivity contribution < 1.29 is 23.1 Å². The highest BCUT2D eigenvalue weighted by molar-refractivity contribution is 5.98. The van der Waals surface area contributed by atoms with Crippen molar-refractivity contribution in [2.75, 3.05) is 19.8 Å². The van der Waals surface area contributed by atoms with E-state index in [0.29, 0.717) is 26.2 Å².